The third kappa shape index (κ3) is 3.51. The number of aliphatic hydroxyl groups is 1. The Balaban J connectivity index is 2.65. The minimum atomic E-state index is -0.783. The summed E-state index contributed by atoms with van der Waals surface area (Å²) in [5.74, 6) is 0.101. The molecule has 0 spiro atoms. The smallest absolute Gasteiger partial charge is 0.132 e. The first-order valence-electron chi connectivity index (χ1n) is 5.25. The van der Waals surface area contributed by atoms with Crippen LogP contribution in [0.2, 0.25) is 0 Å². The van der Waals surface area contributed by atoms with Gasteiger partial charge in [-0.1, -0.05) is 13.3 Å². The lowest BCUT2D eigenvalue weighted by atomic mass is 10.1. The van der Waals surface area contributed by atoms with Crippen molar-refractivity contribution in [1.29, 1.82) is 0 Å². The molecule has 0 aliphatic rings. The van der Waals surface area contributed by atoms with Crippen molar-refractivity contribution in [2.24, 2.45) is 0 Å². The van der Waals surface area contributed by atoms with Gasteiger partial charge in [0.1, 0.15) is 11.6 Å². The molecule has 0 aliphatic carbocycles. The van der Waals surface area contributed by atoms with Gasteiger partial charge in [0.05, 0.1) is 12.7 Å². The van der Waals surface area contributed by atoms with Crippen LogP contribution in [-0.2, 0) is 0 Å². The van der Waals surface area contributed by atoms with Crippen LogP contribution >= 0.6 is 0 Å². The van der Waals surface area contributed by atoms with Crippen LogP contribution in [0.15, 0.2) is 18.2 Å². The zero-order chi connectivity index (χ0) is 11.3. The first kappa shape index (κ1) is 12.0. The number of hydrogen-bond donors (Lipinski definition) is 1. The van der Waals surface area contributed by atoms with Gasteiger partial charge >= 0.3 is 0 Å². The molecule has 3 heteroatoms. The average Bonchev–Trinajstić information content (AvgIpc) is 2.17. The van der Waals surface area contributed by atoms with Gasteiger partial charge in [-0.25, -0.2) is 4.39 Å². The first-order valence-corrected chi connectivity index (χ1v) is 5.25. The molecule has 0 heterocycles. The Morgan fingerprint density at radius 1 is 1.47 bits per heavy atom. The van der Waals surface area contributed by atoms with E-state index in [1.54, 1.807) is 12.1 Å². The normalized spacial score (nSPS) is 12.5. The van der Waals surface area contributed by atoms with Crippen LogP contribution in [0.1, 0.15) is 38.4 Å². The van der Waals surface area contributed by atoms with Crippen LogP contribution < -0.4 is 4.74 Å². The van der Waals surface area contributed by atoms with Gasteiger partial charge in [-0.3, -0.25) is 0 Å². The SMILES string of the molecule is CCCCOc1ccc(C(C)O)c(F)c1. The summed E-state index contributed by atoms with van der Waals surface area (Å²) < 4.78 is 18.7. The van der Waals surface area contributed by atoms with E-state index in [1.807, 2.05) is 0 Å². The summed E-state index contributed by atoms with van der Waals surface area (Å²) in [5, 5.41) is 9.23. The lowest BCUT2D eigenvalue weighted by Crippen LogP contribution is -1.99. The molecule has 0 amide bonds. The molecule has 1 N–H and O–H groups in total. The van der Waals surface area contributed by atoms with Gasteiger partial charge < -0.3 is 9.84 Å². The highest BCUT2D eigenvalue weighted by atomic mass is 19.1. The summed E-state index contributed by atoms with van der Waals surface area (Å²) in [5.41, 5.74) is 0.304. The summed E-state index contributed by atoms with van der Waals surface area (Å²) >= 11 is 0. The number of halogens is 1. The largest absolute Gasteiger partial charge is 0.493 e. The molecule has 1 atom stereocenters. The molecule has 1 aromatic carbocycles. The fraction of sp³-hybridized carbons (Fsp3) is 0.500. The highest BCUT2D eigenvalue weighted by Gasteiger charge is 2.08. The molecule has 0 saturated heterocycles. The summed E-state index contributed by atoms with van der Waals surface area (Å²) in [6, 6.07) is 4.56. The van der Waals surface area contributed by atoms with Gasteiger partial charge in [-0.15, -0.1) is 0 Å². The highest BCUT2D eigenvalue weighted by molar-refractivity contribution is 5.29. The maximum absolute atomic E-state index is 13.4. The van der Waals surface area contributed by atoms with E-state index in [2.05, 4.69) is 6.92 Å². The monoisotopic (exact) mass is 212 g/mol. The topological polar surface area (TPSA) is 29.5 Å². The maximum atomic E-state index is 13.4. The van der Waals surface area contributed by atoms with Crippen LogP contribution in [0.3, 0.4) is 0 Å². The zero-order valence-electron chi connectivity index (χ0n) is 9.16. The summed E-state index contributed by atoms with van der Waals surface area (Å²) in [4.78, 5) is 0. The van der Waals surface area contributed by atoms with Crippen molar-refractivity contribution in [3.8, 4) is 5.75 Å². The van der Waals surface area contributed by atoms with Gasteiger partial charge in [-0.05, 0) is 25.5 Å². The van der Waals surface area contributed by atoms with Gasteiger partial charge in [0.2, 0.25) is 0 Å². The number of benzene rings is 1. The van der Waals surface area contributed by atoms with E-state index in [0.717, 1.165) is 12.8 Å². The summed E-state index contributed by atoms with van der Waals surface area (Å²) in [6.45, 7) is 4.21. The number of ether oxygens (including phenoxy) is 1. The maximum Gasteiger partial charge on any atom is 0.132 e. The van der Waals surface area contributed by atoms with E-state index in [0.29, 0.717) is 17.9 Å². The van der Waals surface area contributed by atoms with Crippen LogP contribution in [0, 0.1) is 5.82 Å². The molecule has 0 bridgehead atoms. The van der Waals surface area contributed by atoms with E-state index in [4.69, 9.17) is 4.74 Å². The van der Waals surface area contributed by atoms with Crippen molar-refractivity contribution in [1.82, 2.24) is 0 Å². The minimum Gasteiger partial charge on any atom is -0.493 e. The van der Waals surface area contributed by atoms with E-state index in [9.17, 15) is 9.50 Å². The van der Waals surface area contributed by atoms with Gasteiger partial charge in [-0.2, -0.15) is 0 Å². The Morgan fingerprint density at radius 3 is 2.73 bits per heavy atom. The van der Waals surface area contributed by atoms with Gasteiger partial charge in [0.15, 0.2) is 0 Å². The summed E-state index contributed by atoms with van der Waals surface area (Å²) in [7, 11) is 0. The molecule has 1 aromatic rings. The Hall–Kier alpha value is -1.09. The van der Waals surface area contributed by atoms with E-state index < -0.39 is 11.9 Å². The standard InChI is InChI=1S/C12H17FO2/c1-3-4-7-15-10-5-6-11(9(2)14)12(13)8-10/h5-6,8-9,14H,3-4,7H2,1-2H3. The number of unbranched alkanes of at least 4 members (excludes halogenated alkanes) is 1. The second-order valence-corrected chi connectivity index (χ2v) is 3.56. The second-order valence-electron chi connectivity index (χ2n) is 3.56. The molecule has 15 heavy (non-hydrogen) atoms. The molecular formula is C12H17FO2. The molecule has 0 saturated carbocycles. The van der Waals surface area contributed by atoms with Gasteiger partial charge in [0, 0.05) is 11.6 Å². The van der Waals surface area contributed by atoms with Crippen molar-refractivity contribution < 1.29 is 14.2 Å². The lowest BCUT2D eigenvalue weighted by Gasteiger charge is -2.09. The first-order chi connectivity index (χ1) is 7.15. The van der Waals surface area contributed by atoms with E-state index >= 15 is 0 Å². The van der Waals surface area contributed by atoms with Crippen LogP contribution in [0.25, 0.3) is 0 Å². The third-order valence-corrected chi connectivity index (χ3v) is 2.19. The number of rotatable bonds is 5. The Morgan fingerprint density at radius 2 is 2.20 bits per heavy atom. The summed E-state index contributed by atoms with van der Waals surface area (Å²) in [6.07, 6.45) is 1.23. The van der Waals surface area contributed by atoms with Gasteiger partial charge in [0.25, 0.3) is 0 Å². The quantitative estimate of drug-likeness (QED) is 0.760. The minimum absolute atomic E-state index is 0.304. The predicted octanol–water partition coefficient (Wildman–Crippen LogP) is 3.06. The molecule has 0 radical (unpaired) electrons. The fourth-order valence-corrected chi connectivity index (χ4v) is 1.27. The van der Waals surface area contributed by atoms with Crippen LogP contribution in [0.4, 0.5) is 4.39 Å². The van der Waals surface area contributed by atoms with Crippen molar-refractivity contribution in [3.63, 3.8) is 0 Å². The molecular weight excluding hydrogens is 195 g/mol. The third-order valence-electron chi connectivity index (χ3n) is 2.19. The number of aliphatic hydroxyl groups excluding tert-OH is 1. The van der Waals surface area contributed by atoms with Crippen molar-refractivity contribution >= 4 is 0 Å². The molecule has 0 fully saturated rings. The zero-order valence-corrected chi connectivity index (χ0v) is 9.16. The predicted molar refractivity (Wildman–Crippen MR) is 57.4 cm³/mol. The van der Waals surface area contributed by atoms with Crippen molar-refractivity contribution in [2.45, 2.75) is 32.8 Å². The van der Waals surface area contributed by atoms with E-state index in [1.165, 1.54) is 13.0 Å². The fourth-order valence-electron chi connectivity index (χ4n) is 1.27. The van der Waals surface area contributed by atoms with Crippen LogP contribution in [0.5, 0.6) is 5.75 Å². The van der Waals surface area contributed by atoms with Crippen LogP contribution in [-0.4, -0.2) is 11.7 Å². The average molecular weight is 212 g/mol. The lowest BCUT2D eigenvalue weighted by molar-refractivity contribution is 0.194. The van der Waals surface area contributed by atoms with Crippen molar-refractivity contribution in [2.75, 3.05) is 6.61 Å². The molecule has 0 aliphatic heterocycles. The Kier molecular flexibility index (Phi) is 4.56. The molecule has 0 aromatic heterocycles. The number of hydrogen-bond acceptors (Lipinski definition) is 2. The second kappa shape index (κ2) is 5.71. The molecule has 1 unspecified atom stereocenters. The highest BCUT2D eigenvalue weighted by Crippen LogP contribution is 2.21. The molecule has 1 rings (SSSR count). The molecule has 2 nitrogen and oxygen atoms in total. The van der Waals surface area contributed by atoms with Crippen molar-refractivity contribution in [3.05, 3.63) is 29.6 Å². The Bertz CT molecular complexity index is 310. The Labute approximate surface area is 89.7 Å². The van der Waals surface area contributed by atoms with E-state index in [-0.39, 0.29) is 0 Å². The molecule has 84 valence electrons.